The van der Waals surface area contributed by atoms with Gasteiger partial charge in [-0.1, -0.05) is 18.2 Å². The predicted molar refractivity (Wildman–Crippen MR) is 87.9 cm³/mol. The van der Waals surface area contributed by atoms with E-state index in [9.17, 15) is 0 Å². The lowest BCUT2D eigenvalue weighted by Crippen LogP contribution is -2.01. The normalized spacial score (nSPS) is 11.9. The first-order valence-corrected chi connectivity index (χ1v) is 7.53. The van der Waals surface area contributed by atoms with E-state index in [-0.39, 0.29) is 0 Å². The van der Waals surface area contributed by atoms with Gasteiger partial charge in [0.15, 0.2) is 0 Å². The Kier molecular flexibility index (Phi) is 5.37. The summed E-state index contributed by atoms with van der Waals surface area (Å²) in [5, 5.41) is -0.405. The molecule has 1 unspecified atom stereocenters. The molecule has 0 aliphatic heterocycles. The highest BCUT2D eigenvalue weighted by Crippen LogP contribution is 2.43. The van der Waals surface area contributed by atoms with E-state index in [1.54, 1.807) is 21.3 Å². The van der Waals surface area contributed by atoms with Gasteiger partial charge in [-0.05, 0) is 34.1 Å². The largest absolute Gasteiger partial charge is 0.496 e. The van der Waals surface area contributed by atoms with E-state index in [0.717, 1.165) is 21.3 Å². The first-order chi connectivity index (χ1) is 10.1. The highest BCUT2D eigenvalue weighted by atomic mass is 79.9. The highest BCUT2D eigenvalue weighted by molar-refractivity contribution is 9.10. The summed E-state index contributed by atoms with van der Waals surface area (Å²) in [4.78, 5) is 0. The fourth-order valence-electron chi connectivity index (χ4n) is 2.13. The molecule has 0 aliphatic carbocycles. The molecule has 112 valence electrons. The molecule has 0 bridgehead atoms. The molecule has 0 heterocycles. The van der Waals surface area contributed by atoms with Gasteiger partial charge in [0.1, 0.15) is 17.2 Å². The molecule has 1 atom stereocenters. The Morgan fingerprint density at radius 2 is 1.48 bits per heavy atom. The van der Waals surface area contributed by atoms with E-state index in [1.165, 1.54) is 0 Å². The maximum absolute atomic E-state index is 6.65. The molecule has 2 rings (SSSR count). The van der Waals surface area contributed by atoms with Crippen LogP contribution in [-0.2, 0) is 0 Å². The van der Waals surface area contributed by atoms with E-state index in [0.29, 0.717) is 11.5 Å². The lowest BCUT2D eigenvalue weighted by molar-refractivity contribution is 0.395. The molecule has 0 spiro atoms. The number of para-hydroxylation sites is 1. The Morgan fingerprint density at radius 3 is 2.10 bits per heavy atom. The topological polar surface area (TPSA) is 27.7 Å². The third-order valence-corrected chi connectivity index (χ3v) is 4.28. The monoisotopic (exact) mass is 370 g/mol. The third kappa shape index (κ3) is 3.27. The number of hydrogen-bond donors (Lipinski definition) is 0. The van der Waals surface area contributed by atoms with Gasteiger partial charge in [-0.15, -0.1) is 11.6 Å². The zero-order valence-electron chi connectivity index (χ0n) is 12.0. The molecule has 0 amide bonds. The van der Waals surface area contributed by atoms with Crippen molar-refractivity contribution in [2.75, 3.05) is 21.3 Å². The Balaban J connectivity index is 2.54. The molecule has 0 saturated heterocycles. The Labute approximate surface area is 137 Å². The van der Waals surface area contributed by atoms with E-state index in [1.807, 2.05) is 36.4 Å². The summed E-state index contributed by atoms with van der Waals surface area (Å²) in [6, 6.07) is 11.4. The second-order valence-corrected chi connectivity index (χ2v) is 5.62. The van der Waals surface area contributed by atoms with Crippen LogP contribution in [0.1, 0.15) is 16.5 Å². The Hall–Kier alpha value is -1.39. The summed E-state index contributed by atoms with van der Waals surface area (Å²) in [7, 11) is 4.86. The van der Waals surface area contributed by atoms with Crippen molar-refractivity contribution in [2.24, 2.45) is 0 Å². The van der Waals surface area contributed by atoms with Crippen LogP contribution in [0.2, 0.25) is 0 Å². The maximum Gasteiger partial charge on any atom is 0.133 e. The van der Waals surface area contributed by atoms with Crippen LogP contribution in [0.25, 0.3) is 0 Å². The molecule has 21 heavy (non-hydrogen) atoms. The van der Waals surface area contributed by atoms with E-state index in [4.69, 9.17) is 25.8 Å². The van der Waals surface area contributed by atoms with Gasteiger partial charge >= 0.3 is 0 Å². The second-order valence-electron chi connectivity index (χ2n) is 4.33. The average molecular weight is 372 g/mol. The second kappa shape index (κ2) is 7.05. The van der Waals surface area contributed by atoms with Crippen LogP contribution < -0.4 is 14.2 Å². The van der Waals surface area contributed by atoms with E-state index < -0.39 is 5.38 Å². The third-order valence-electron chi connectivity index (χ3n) is 3.19. The van der Waals surface area contributed by atoms with Gasteiger partial charge in [-0.3, -0.25) is 0 Å². The summed E-state index contributed by atoms with van der Waals surface area (Å²) in [6.07, 6.45) is 0. The molecule has 2 aromatic rings. The molecule has 3 nitrogen and oxygen atoms in total. The van der Waals surface area contributed by atoms with Crippen molar-refractivity contribution in [1.29, 1.82) is 0 Å². The molecule has 5 heteroatoms. The SMILES string of the molecule is COc1cc(C(Cl)c2ccccc2OC)c(OC)cc1Br. The van der Waals surface area contributed by atoms with Crippen LogP contribution in [0, 0.1) is 0 Å². The Morgan fingerprint density at radius 1 is 0.857 bits per heavy atom. The molecule has 0 N–H and O–H groups in total. The molecule has 2 aromatic carbocycles. The predicted octanol–water partition coefficient (Wildman–Crippen LogP) is 4.80. The number of halogens is 2. The van der Waals surface area contributed by atoms with Crippen LogP contribution in [0.5, 0.6) is 17.2 Å². The summed E-state index contributed by atoms with van der Waals surface area (Å²) >= 11 is 10.1. The van der Waals surface area contributed by atoms with Crippen LogP contribution in [0.15, 0.2) is 40.9 Å². The van der Waals surface area contributed by atoms with Crippen LogP contribution in [-0.4, -0.2) is 21.3 Å². The molecular weight excluding hydrogens is 356 g/mol. The summed E-state index contributed by atoms with van der Waals surface area (Å²) in [5.74, 6) is 2.13. The zero-order chi connectivity index (χ0) is 15.4. The van der Waals surface area contributed by atoms with Gasteiger partial charge in [-0.2, -0.15) is 0 Å². The number of methoxy groups -OCH3 is 3. The van der Waals surface area contributed by atoms with Crippen molar-refractivity contribution in [3.05, 3.63) is 52.0 Å². The van der Waals surface area contributed by atoms with Crippen molar-refractivity contribution in [3.8, 4) is 17.2 Å². The fraction of sp³-hybridized carbons (Fsp3) is 0.250. The van der Waals surface area contributed by atoms with Crippen LogP contribution >= 0.6 is 27.5 Å². The standard InChI is InChI=1S/C16H16BrClO3/c1-19-13-7-5-4-6-10(13)16(18)11-8-15(21-3)12(17)9-14(11)20-2/h4-9,16H,1-3H3. The van der Waals surface area contributed by atoms with Gasteiger partial charge in [0.2, 0.25) is 0 Å². The number of rotatable bonds is 5. The number of ether oxygens (including phenoxy) is 3. The lowest BCUT2D eigenvalue weighted by atomic mass is 10.0. The van der Waals surface area contributed by atoms with Crippen molar-refractivity contribution in [2.45, 2.75) is 5.38 Å². The summed E-state index contributed by atoms with van der Waals surface area (Å²) in [6.45, 7) is 0. The van der Waals surface area contributed by atoms with Gasteiger partial charge in [0.25, 0.3) is 0 Å². The van der Waals surface area contributed by atoms with Crippen molar-refractivity contribution < 1.29 is 14.2 Å². The zero-order valence-corrected chi connectivity index (χ0v) is 14.4. The molecule has 0 aliphatic rings. The number of hydrogen-bond acceptors (Lipinski definition) is 3. The number of benzene rings is 2. The summed E-state index contributed by atoms with van der Waals surface area (Å²) < 4.78 is 17.0. The first kappa shape index (κ1) is 16.0. The minimum Gasteiger partial charge on any atom is -0.496 e. The molecular formula is C16H16BrClO3. The highest BCUT2D eigenvalue weighted by Gasteiger charge is 2.21. The minimum atomic E-state index is -0.405. The molecule has 0 saturated carbocycles. The number of alkyl halides is 1. The van der Waals surface area contributed by atoms with Crippen LogP contribution in [0.3, 0.4) is 0 Å². The molecule has 0 fully saturated rings. The van der Waals surface area contributed by atoms with Gasteiger partial charge in [0.05, 0.1) is 31.2 Å². The van der Waals surface area contributed by atoms with Crippen molar-refractivity contribution in [1.82, 2.24) is 0 Å². The van der Waals surface area contributed by atoms with Gasteiger partial charge in [-0.25, -0.2) is 0 Å². The van der Waals surface area contributed by atoms with E-state index in [2.05, 4.69) is 15.9 Å². The molecule has 0 radical (unpaired) electrons. The minimum absolute atomic E-state index is 0.405. The molecule has 0 aromatic heterocycles. The van der Waals surface area contributed by atoms with Crippen molar-refractivity contribution in [3.63, 3.8) is 0 Å². The lowest BCUT2D eigenvalue weighted by Gasteiger charge is -2.18. The Bertz CT molecular complexity index is 631. The fourth-order valence-corrected chi connectivity index (χ4v) is 2.96. The van der Waals surface area contributed by atoms with Crippen LogP contribution in [0.4, 0.5) is 0 Å². The van der Waals surface area contributed by atoms with Gasteiger partial charge in [0, 0.05) is 11.1 Å². The first-order valence-electron chi connectivity index (χ1n) is 6.30. The summed E-state index contributed by atoms with van der Waals surface area (Å²) in [5.41, 5.74) is 1.70. The van der Waals surface area contributed by atoms with Gasteiger partial charge < -0.3 is 14.2 Å². The van der Waals surface area contributed by atoms with Crippen molar-refractivity contribution >= 4 is 27.5 Å². The quantitative estimate of drug-likeness (QED) is 0.706. The average Bonchev–Trinajstić information content (AvgIpc) is 2.53. The smallest absolute Gasteiger partial charge is 0.133 e. The maximum atomic E-state index is 6.65. The van der Waals surface area contributed by atoms with E-state index >= 15 is 0 Å².